The molecular weight excluding hydrogens is 236 g/mol. The zero-order valence-corrected chi connectivity index (χ0v) is 10.6. The number of carbonyl (C=O) groups is 1. The van der Waals surface area contributed by atoms with E-state index in [4.69, 9.17) is 0 Å². The fraction of sp³-hybridized carbons (Fsp3) is 0.0625. The maximum Gasteiger partial charge on any atom is 0.162 e. The Hall–Kier alpha value is -2.55. The number of aromatic amines is 2. The minimum atomic E-state index is 0.0599. The fourth-order valence-electron chi connectivity index (χ4n) is 2.33. The second kappa shape index (κ2) is 4.61. The molecule has 3 rings (SSSR count). The molecule has 0 fully saturated rings. The Morgan fingerprint density at radius 2 is 1.79 bits per heavy atom. The lowest BCUT2D eigenvalue weighted by atomic mass is 9.99. The van der Waals surface area contributed by atoms with Gasteiger partial charge in [0.1, 0.15) is 0 Å². The van der Waals surface area contributed by atoms with Crippen LogP contribution in [0.1, 0.15) is 17.3 Å². The van der Waals surface area contributed by atoms with Gasteiger partial charge in [-0.05, 0) is 24.6 Å². The molecule has 0 radical (unpaired) electrons. The Morgan fingerprint density at radius 1 is 1.00 bits per heavy atom. The van der Waals surface area contributed by atoms with Gasteiger partial charge in [-0.25, -0.2) is 0 Å². The number of aromatic nitrogens is 2. The average Bonchev–Trinajstić information content (AvgIpc) is 3.08. The van der Waals surface area contributed by atoms with E-state index in [-0.39, 0.29) is 5.78 Å². The van der Waals surface area contributed by atoms with Gasteiger partial charge in [-0.1, -0.05) is 30.3 Å². The molecule has 1 aromatic carbocycles. The number of carbonyl (C=O) groups excluding carboxylic acids is 1. The van der Waals surface area contributed by atoms with E-state index in [9.17, 15) is 4.79 Å². The van der Waals surface area contributed by atoms with Crippen LogP contribution >= 0.6 is 0 Å². The predicted octanol–water partition coefficient (Wildman–Crippen LogP) is 3.88. The lowest BCUT2D eigenvalue weighted by molar-refractivity contribution is 0.101. The van der Waals surface area contributed by atoms with Crippen LogP contribution in [0.3, 0.4) is 0 Å². The van der Waals surface area contributed by atoms with Crippen LogP contribution < -0.4 is 0 Å². The van der Waals surface area contributed by atoms with E-state index in [2.05, 4.69) is 9.97 Å². The first-order valence-corrected chi connectivity index (χ1v) is 6.19. The standard InChI is InChI=1S/C16H14N2O/c1-11(19)15-13(12-6-3-2-4-7-12)10-18-16(15)14-8-5-9-17-14/h2-10,17-18H,1H3. The number of hydrogen-bond donors (Lipinski definition) is 2. The van der Waals surface area contributed by atoms with Crippen LogP contribution in [-0.4, -0.2) is 15.8 Å². The molecule has 0 bridgehead atoms. The van der Waals surface area contributed by atoms with Crippen LogP contribution in [0.15, 0.2) is 54.9 Å². The Balaban J connectivity index is 2.20. The van der Waals surface area contributed by atoms with E-state index in [1.165, 1.54) is 0 Å². The number of hydrogen-bond acceptors (Lipinski definition) is 1. The Morgan fingerprint density at radius 3 is 2.42 bits per heavy atom. The van der Waals surface area contributed by atoms with Crippen molar-refractivity contribution < 1.29 is 4.79 Å². The first kappa shape index (κ1) is 11.5. The molecule has 0 unspecified atom stereocenters. The highest BCUT2D eigenvalue weighted by Crippen LogP contribution is 2.31. The Kier molecular flexibility index (Phi) is 2.80. The van der Waals surface area contributed by atoms with Gasteiger partial charge < -0.3 is 9.97 Å². The third-order valence-corrected chi connectivity index (χ3v) is 3.18. The van der Waals surface area contributed by atoms with Crippen molar-refractivity contribution in [3.63, 3.8) is 0 Å². The minimum Gasteiger partial charge on any atom is -0.360 e. The summed E-state index contributed by atoms with van der Waals surface area (Å²) >= 11 is 0. The summed E-state index contributed by atoms with van der Waals surface area (Å²) in [5.74, 6) is 0.0599. The zero-order chi connectivity index (χ0) is 13.2. The summed E-state index contributed by atoms with van der Waals surface area (Å²) in [5.41, 5.74) is 4.48. The molecule has 2 aromatic heterocycles. The molecule has 19 heavy (non-hydrogen) atoms. The fourth-order valence-corrected chi connectivity index (χ4v) is 2.33. The third-order valence-electron chi connectivity index (χ3n) is 3.18. The highest BCUT2D eigenvalue weighted by molar-refractivity contribution is 6.06. The van der Waals surface area contributed by atoms with Crippen LogP contribution in [0.2, 0.25) is 0 Å². The van der Waals surface area contributed by atoms with Crippen LogP contribution in [0, 0.1) is 0 Å². The first-order chi connectivity index (χ1) is 9.27. The maximum absolute atomic E-state index is 12.0. The van der Waals surface area contributed by atoms with Crippen molar-refractivity contribution in [2.75, 3.05) is 0 Å². The molecule has 0 atom stereocenters. The van der Waals surface area contributed by atoms with Gasteiger partial charge >= 0.3 is 0 Å². The van der Waals surface area contributed by atoms with E-state index >= 15 is 0 Å². The monoisotopic (exact) mass is 250 g/mol. The first-order valence-electron chi connectivity index (χ1n) is 6.19. The molecule has 0 spiro atoms. The number of ketones is 1. The van der Waals surface area contributed by atoms with Crippen molar-refractivity contribution in [3.05, 3.63) is 60.4 Å². The number of rotatable bonds is 3. The highest BCUT2D eigenvalue weighted by atomic mass is 16.1. The zero-order valence-electron chi connectivity index (χ0n) is 10.6. The molecule has 0 aliphatic rings. The van der Waals surface area contributed by atoms with Crippen LogP contribution in [-0.2, 0) is 0 Å². The van der Waals surface area contributed by atoms with Gasteiger partial charge in [-0.3, -0.25) is 4.79 Å². The Labute approximate surface area is 111 Å². The number of nitrogens with one attached hydrogen (secondary N) is 2. The second-order valence-electron chi connectivity index (χ2n) is 4.46. The molecule has 0 saturated heterocycles. The van der Waals surface area contributed by atoms with Gasteiger partial charge in [-0.2, -0.15) is 0 Å². The molecular formula is C16H14N2O. The van der Waals surface area contributed by atoms with Crippen molar-refractivity contribution in [3.8, 4) is 22.5 Å². The third kappa shape index (κ3) is 1.99. The van der Waals surface area contributed by atoms with E-state index in [0.717, 1.165) is 28.1 Å². The normalized spacial score (nSPS) is 10.6. The van der Waals surface area contributed by atoms with Gasteiger partial charge in [0, 0.05) is 18.0 Å². The molecule has 3 nitrogen and oxygen atoms in total. The molecule has 0 saturated carbocycles. The van der Waals surface area contributed by atoms with Gasteiger partial charge in [0.2, 0.25) is 0 Å². The van der Waals surface area contributed by atoms with Crippen molar-refractivity contribution in [2.45, 2.75) is 6.92 Å². The number of Topliss-reactive ketones (excluding diaryl/α,β-unsaturated/α-hetero) is 1. The molecule has 2 N–H and O–H groups in total. The summed E-state index contributed by atoms with van der Waals surface area (Å²) in [6.45, 7) is 1.60. The molecule has 2 heterocycles. The molecule has 94 valence electrons. The summed E-state index contributed by atoms with van der Waals surface area (Å²) < 4.78 is 0. The topological polar surface area (TPSA) is 48.6 Å². The number of benzene rings is 1. The van der Waals surface area contributed by atoms with Gasteiger partial charge in [0.15, 0.2) is 5.78 Å². The lowest BCUT2D eigenvalue weighted by Gasteiger charge is -2.03. The summed E-state index contributed by atoms with van der Waals surface area (Å²) in [4.78, 5) is 18.3. The molecule has 0 aliphatic heterocycles. The van der Waals surface area contributed by atoms with E-state index < -0.39 is 0 Å². The lowest BCUT2D eigenvalue weighted by Crippen LogP contribution is -1.96. The molecule has 3 heteroatoms. The maximum atomic E-state index is 12.0. The van der Waals surface area contributed by atoms with Crippen molar-refractivity contribution in [2.24, 2.45) is 0 Å². The SMILES string of the molecule is CC(=O)c1c(-c2ccccc2)c[nH]c1-c1ccc[nH]1. The Bertz CT molecular complexity index is 694. The highest BCUT2D eigenvalue weighted by Gasteiger charge is 2.18. The van der Waals surface area contributed by atoms with E-state index in [0.29, 0.717) is 0 Å². The largest absolute Gasteiger partial charge is 0.360 e. The summed E-state index contributed by atoms with van der Waals surface area (Å²) in [7, 11) is 0. The quantitative estimate of drug-likeness (QED) is 0.681. The van der Waals surface area contributed by atoms with Gasteiger partial charge in [0.05, 0.1) is 17.0 Å². The van der Waals surface area contributed by atoms with Gasteiger partial charge in [-0.15, -0.1) is 0 Å². The van der Waals surface area contributed by atoms with Crippen LogP contribution in [0.25, 0.3) is 22.5 Å². The molecule has 0 aliphatic carbocycles. The molecule has 3 aromatic rings. The summed E-state index contributed by atoms with van der Waals surface area (Å²) in [6.07, 6.45) is 3.74. The number of H-pyrrole nitrogens is 2. The van der Waals surface area contributed by atoms with Crippen LogP contribution in [0.5, 0.6) is 0 Å². The van der Waals surface area contributed by atoms with Crippen molar-refractivity contribution >= 4 is 5.78 Å². The van der Waals surface area contributed by atoms with Crippen LogP contribution in [0.4, 0.5) is 0 Å². The van der Waals surface area contributed by atoms with E-state index in [1.807, 2.05) is 54.9 Å². The second-order valence-corrected chi connectivity index (χ2v) is 4.46. The smallest absolute Gasteiger partial charge is 0.162 e. The molecule has 0 amide bonds. The predicted molar refractivity (Wildman–Crippen MR) is 76.0 cm³/mol. The minimum absolute atomic E-state index is 0.0599. The summed E-state index contributed by atoms with van der Waals surface area (Å²) in [6, 6.07) is 13.8. The van der Waals surface area contributed by atoms with Crippen molar-refractivity contribution in [1.29, 1.82) is 0 Å². The van der Waals surface area contributed by atoms with Gasteiger partial charge in [0.25, 0.3) is 0 Å². The summed E-state index contributed by atoms with van der Waals surface area (Å²) in [5, 5.41) is 0. The average molecular weight is 250 g/mol. The van der Waals surface area contributed by atoms with Crippen molar-refractivity contribution in [1.82, 2.24) is 9.97 Å². The van der Waals surface area contributed by atoms with E-state index in [1.54, 1.807) is 6.92 Å².